The Kier molecular flexibility index (Phi) is 3.67. The highest BCUT2D eigenvalue weighted by atomic mass is 16.5. The molecule has 4 heteroatoms. The molecule has 2 N–H and O–H groups in total. The van der Waals surface area contributed by atoms with Crippen molar-refractivity contribution in [2.75, 3.05) is 12.3 Å². The fourth-order valence-corrected chi connectivity index (χ4v) is 0.906. The van der Waals surface area contributed by atoms with Gasteiger partial charge in [-0.05, 0) is 25.1 Å². The van der Waals surface area contributed by atoms with E-state index in [9.17, 15) is 4.79 Å². The summed E-state index contributed by atoms with van der Waals surface area (Å²) in [7, 11) is 0. The van der Waals surface area contributed by atoms with Crippen molar-refractivity contribution in [1.82, 2.24) is 4.98 Å². The van der Waals surface area contributed by atoms with Gasteiger partial charge in [0.25, 0.3) is 0 Å². The van der Waals surface area contributed by atoms with E-state index in [4.69, 9.17) is 10.5 Å². The lowest BCUT2D eigenvalue weighted by molar-refractivity contribution is -0.137. The zero-order valence-corrected chi connectivity index (χ0v) is 7.93. The van der Waals surface area contributed by atoms with E-state index in [1.54, 1.807) is 31.2 Å². The molecule has 0 amide bonds. The van der Waals surface area contributed by atoms with E-state index in [2.05, 4.69) is 4.98 Å². The molecule has 0 bridgehead atoms. The van der Waals surface area contributed by atoms with Crippen molar-refractivity contribution in [2.24, 2.45) is 0 Å². The third-order valence-corrected chi connectivity index (χ3v) is 1.47. The fourth-order valence-electron chi connectivity index (χ4n) is 0.906. The number of nitrogen functional groups attached to an aromatic ring is 1. The number of ether oxygens (including phenoxy) is 1. The summed E-state index contributed by atoms with van der Waals surface area (Å²) in [4.78, 5) is 14.9. The van der Waals surface area contributed by atoms with Crippen LogP contribution in [-0.2, 0) is 9.53 Å². The van der Waals surface area contributed by atoms with Gasteiger partial charge in [0.1, 0.15) is 5.82 Å². The van der Waals surface area contributed by atoms with Crippen LogP contribution in [0.2, 0.25) is 0 Å². The number of rotatable bonds is 3. The number of carbonyl (C=O) groups is 1. The topological polar surface area (TPSA) is 65.2 Å². The highest BCUT2D eigenvalue weighted by Crippen LogP contribution is 2.02. The Morgan fingerprint density at radius 3 is 3.07 bits per heavy atom. The quantitative estimate of drug-likeness (QED) is 0.578. The molecule has 1 aromatic rings. The molecule has 0 saturated heterocycles. The molecule has 1 rings (SSSR count). The summed E-state index contributed by atoms with van der Waals surface area (Å²) in [5.74, 6) is 0.0488. The summed E-state index contributed by atoms with van der Waals surface area (Å²) in [5, 5.41) is 0. The maximum atomic E-state index is 10.9. The van der Waals surface area contributed by atoms with Gasteiger partial charge in [-0.2, -0.15) is 0 Å². The van der Waals surface area contributed by atoms with Gasteiger partial charge in [-0.15, -0.1) is 0 Å². The van der Waals surface area contributed by atoms with Crippen LogP contribution in [0.1, 0.15) is 12.6 Å². The highest BCUT2D eigenvalue weighted by molar-refractivity contribution is 5.86. The minimum absolute atomic E-state index is 0.369. The Hall–Kier alpha value is -1.84. The summed E-state index contributed by atoms with van der Waals surface area (Å²) < 4.78 is 4.71. The first-order valence-electron chi connectivity index (χ1n) is 4.29. The van der Waals surface area contributed by atoms with Crippen molar-refractivity contribution in [2.45, 2.75) is 6.92 Å². The first-order chi connectivity index (χ1) is 6.72. The summed E-state index contributed by atoms with van der Waals surface area (Å²) in [5.41, 5.74) is 6.10. The fraction of sp³-hybridized carbons (Fsp3) is 0.200. The van der Waals surface area contributed by atoms with Crippen LogP contribution in [0.15, 0.2) is 24.3 Å². The molecule has 0 aliphatic carbocycles. The van der Waals surface area contributed by atoms with Crippen LogP contribution < -0.4 is 5.73 Å². The van der Waals surface area contributed by atoms with Crippen molar-refractivity contribution >= 4 is 17.9 Å². The van der Waals surface area contributed by atoms with Crippen molar-refractivity contribution in [3.05, 3.63) is 30.0 Å². The van der Waals surface area contributed by atoms with Crippen LogP contribution in [0, 0.1) is 0 Å². The molecule has 0 unspecified atom stereocenters. The Bertz CT molecular complexity index is 348. The number of aromatic nitrogens is 1. The van der Waals surface area contributed by atoms with Crippen molar-refractivity contribution < 1.29 is 9.53 Å². The van der Waals surface area contributed by atoms with Gasteiger partial charge in [0, 0.05) is 6.08 Å². The molecule has 0 spiro atoms. The molecular weight excluding hydrogens is 180 g/mol. The molecule has 14 heavy (non-hydrogen) atoms. The normalized spacial score (nSPS) is 10.4. The maximum absolute atomic E-state index is 10.9. The smallest absolute Gasteiger partial charge is 0.330 e. The van der Waals surface area contributed by atoms with Crippen LogP contribution >= 0.6 is 0 Å². The highest BCUT2D eigenvalue weighted by Gasteiger charge is 1.94. The second-order valence-corrected chi connectivity index (χ2v) is 2.57. The van der Waals surface area contributed by atoms with Crippen LogP contribution in [0.3, 0.4) is 0 Å². The average molecular weight is 192 g/mol. The molecule has 0 fully saturated rings. The molecule has 0 aliphatic heterocycles. The Labute approximate surface area is 82.4 Å². The van der Waals surface area contributed by atoms with E-state index in [1.165, 1.54) is 6.08 Å². The number of hydrogen-bond donors (Lipinski definition) is 1. The molecule has 1 heterocycles. The number of nitrogens with zero attached hydrogens (tertiary/aromatic N) is 1. The van der Waals surface area contributed by atoms with Crippen molar-refractivity contribution in [1.29, 1.82) is 0 Å². The van der Waals surface area contributed by atoms with Gasteiger partial charge >= 0.3 is 5.97 Å². The maximum Gasteiger partial charge on any atom is 0.330 e. The summed E-state index contributed by atoms with van der Waals surface area (Å²) in [6.45, 7) is 2.12. The zero-order chi connectivity index (χ0) is 10.4. The van der Waals surface area contributed by atoms with Crippen molar-refractivity contribution in [3.8, 4) is 0 Å². The molecule has 74 valence electrons. The molecule has 0 atom stereocenters. The van der Waals surface area contributed by atoms with Gasteiger partial charge in [-0.25, -0.2) is 9.78 Å². The lowest BCUT2D eigenvalue weighted by Gasteiger charge is -1.95. The Morgan fingerprint density at radius 1 is 1.64 bits per heavy atom. The Balaban J connectivity index is 2.64. The molecule has 1 aromatic heterocycles. The van der Waals surface area contributed by atoms with Crippen LogP contribution in [0.4, 0.5) is 5.82 Å². The number of anilines is 1. The largest absolute Gasteiger partial charge is 0.463 e. The standard InChI is InChI=1S/C10H12N2O2/c1-2-14-10(13)7-6-8-4-3-5-9(11)12-8/h3-7H,2H2,1H3,(H2,11,12)/b7-6+. The lowest BCUT2D eigenvalue weighted by Crippen LogP contribution is -1.99. The van der Waals surface area contributed by atoms with Crippen LogP contribution in [0.5, 0.6) is 0 Å². The monoisotopic (exact) mass is 192 g/mol. The molecule has 0 aromatic carbocycles. The van der Waals surface area contributed by atoms with E-state index in [0.29, 0.717) is 18.1 Å². The van der Waals surface area contributed by atoms with E-state index < -0.39 is 0 Å². The number of nitrogens with two attached hydrogens (primary N) is 1. The van der Waals surface area contributed by atoms with Gasteiger partial charge in [0.15, 0.2) is 0 Å². The molecule has 0 radical (unpaired) electrons. The van der Waals surface area contributed by atoms with Gasteiger partial charge < -0.3 is 10.5 Å². The van der Waals surface area contributed by atoms with E-state index in [0.717, 1.165) is 0 Å². The first-order valence-corrected chi connectivity index (χ1v) is 4.29. The molecule has 4 nitrogen and oxygen atoms in total. The summed E-state index contributed by atoms with van der Waals surface area (Å²) in [6.07, 6.45) is 2.89. The second-order valence-electron chi connectivity index (χ2n) is 2.57. The minimum atomic E-state index is -0.378. The minimum Gasteiger partial charge on any atom is -0.463 e. The van der Waals surface area contributed by atoms with Crippen LogP contribution in [0.25, 0.3) is 6.08 Å². The summed E-state index contributed by atoms with van der Waals surface area (Å²) in [6, 6.07) is 5.21. The predicted octanol–water partition coefficient (Wildman–Crippen LogP) is 1.24. The molecule has 0 saturated carbocycles. The van der Waals surface area contributed by atoms with Gasteiger partial charge in [0.05, 0.1) is 12.3 Å². The number of carbonyl (C=O) groups excluding carboxylic acids is 1. The van der Waals surface area contributed by atoms with Gasteiger partial charge in [-0.1, -0.05) is 6.07 Å². The Morgan fingerprint density at radius 2 is 2.43 bits per heavy atom. The summed E-state index contributed by atoms with van der Waals surface area (Å²) >= 11 is 0. The number of esters is 1. The molecule has 0 aliphatic rings. The second kappa shape index (κ2) is 5.01. The molecular formula is C10H12N2O2. The SMILES string of the molecule is CCOC(=O)/C=C/c1cccc(N)n1. The third-order valence-electron chi connectivity index (χ3n) is 1.47. The number of pyridine rings is 1. The predicted molar refractivity (Wildman–Crippen MR) is 54.3 cm³/mol. The number of hydrogen-bond acceptors (Lipinski definition) is 4. The van der Waals surface area contributed by atoms with Gasteiger partial charge in [-0.3, -0.25) is 0 Å². The van der Waals surface area contributed by atoms with Crippen molar-refractivity contribution in [3.63, 3.8) is 0 Å². The lowest BCUT2D eigenvalue weighted by atomic mass is 10.3. The van der Waals surface area contributed by atoms with Crippen LogP contribution in [-0.4, -0.2) is 17.6 Å². The average Bonchev–Trinajstić information content (AvgIpc) is 2.15. The van der Waals surface area contributed by atoms with E-state index >= 15 is 0 Å². The van der Waals surface area contributed by atoms with E-state index in [1.807, 2.05) is 0 Å². The van der Waals surface area contributed by atoms with E-state index in [-0.39, 0.29) is 5.97 Å². The first kappa shape index (κ1) is 10.2. The van der Waals surface area contributed by atoms with Gasteiger partial charge in [0.2, 0.25) is 0 Å². The zero-order valence-electron chi connectivity index (χ0n) is 7.93. The third kappa shape index (κ3) is 3.26.